The molecule has 0 aliphatic heterocycles. The Kier molecular flexibility index (Phi) is 5.91. The van der Waals surface area contributed by atoms with Crippen LogP contribution in [0.15, 0.2) is 115 Å². The van der Waals surface area contributed by atoms with Crippen LogP contribution < -0.4 is 0 Å². The van der Waals surface area contributed by atoms with Gasteiger partial charge in [-0.2, -0.15) is 0 Å². The molecule has 162 valence electrons. The third-order valence-corrected chi connectivity index (χ3v) is 6.64. The number of hydrogen-bond donors (Lipinski definition) is 1. The standard InChI is InChI=1S/C31H26O2/c32-31(33)27(24-10-2-1-3-11-24)20-21-30(28-18-8-14-22-12-4-6-16-25(22)28)29-19-9-15-23-13-5-7-17-26(23)29/h1-19,27,30H,20-21H2,(H,32,33). The van der Waals surface area contributed by atoms with Crippen molar-refractivity contribution in [3.05, 3.63) is 132 Å². The molecular weight excluding hydrogens is 404 g/mol. The van der Waals surface area contributed by atoms with Gasteiger partial charge >= 0.3 is 5.97 Å². The Hall–Kier alpha value is -3.91. The van der Waals surface area contributed by atoms with Crippen LogP contribution in [0.5, 0.6) is 0 Å². The van der Waals surface area contributed by atoms with Gasteiger partial charge in [-0.25, -0.2) is 0 Å². The SMILES string of the molecule is O=C(O)C(CCC(c1cccc2ccccc12)c1cccc2ccccc12)c1ccccc1. The maximum absolute atomic E-state index is 12.2. The van der Waals surface area contributed by atoms with Gasteiger partial charge in [0.05, 0.1) is 5.92 Å². The quantitative estimate of drug-likeness (QED) is 0.286. The molecule has 0 fully saturated rings. The van der Waals surface area contributed by atoms with Crippen LogP contribution in [0.1, 0.15) is 41.4 Å². The maximum atomic E-state index is 12.2. The van der Waals surface area contributed by atoms with Gasteiger partial charge in [-0.15, -0.1) is 0 Å². The number of hydrogen-bond acceptors (Lipinski definition) is 1. The van der Waals surface area contributed by atoms with E-state index in [-0.39, 0.29) is 5.92 Å². The van der Waals surface area contributed by atoms with Crippen LogP contribution in [0, 0.1) is 0 Å². The van der Waals surface area contributed by atoms with E-state index in [0.29, 0.717) is 6.42 Å². The van der Waals surface area contributed by atoms with Crippen LogP contribution in [0.3, 0.4) is 0 Å². The summed E-state index contributed by atoms with van der Waals surface area (Å²) < 4.78 is 0. The van der Waals surface area contributed by atoms with Crippen molar-refractivity contribution in [3.8, 4) is 0 Å². The molecule has 0 radical (unpaired) electrons. The van der Waals surface area contributed by atoms with Crippen LogP contribution in [0.2, 0.25) is 0 Å². The molecule has 0 saturated carbocycles. The van der Waals surface area contributed by atoms with Gasteiger partial charge < -0.3 is 5.11 Å². The molecule has 0 heterocycles. The van der Waals surface area contributed by atoms with E-state index in [1.807, 2.05) is 30.3 Å². The number of fused-ring (bicyclic) bond motifs is 2. The molecule has 5 rings (SSSR count). The molecule has 0 aliphatic rings. The Bertz CT molecular complexity index is 1310. The first-order chi connectivity index (χ1) is 16.2. The van der Waals surface area contributed by atoms with Crippen molar-refractivity contribution in [1.82, 2.24) is 0 Å². The molecule has 0 spiro atoms. The molecule has 0 aromatic heterocycles. The largest absolute Gasteiger partial charge is 0.481 e. The van der Waals surface area contributed by atoms with Crippen molar-refractivity contribution < 1.29 is 9.90 Å². The minimum absolute atomic E-state index is 0.0905. The first-order valence-electron chi connectivity index (χ1n) is 11.5. The van der Waals surface area contributed by atoms with Gasteiger partial charge in [0.2, 0.25) is 0 Å². The van der Waals surface area contributed by atoms with Crippen molar-refractivity contribution in [1.29, 1.82) is 0 Å². The zero-order valence-electron chi connectivity index (χ0n) is 18.4. The zero-order chi connectivity index (χ0) is 22.6. The summed E-state index contributed by atoms with van der Waals surface area (Å²) in [6.45, 7) is 0. The van der Waals surface area contributed by atoms with Gasteiger partial charge in [-0.3, -0.25) is 4.79 Å². The van der Waals surface area contributed by atoms with Gasteiger partial charge in [0, 0.05) is 5.92 Å². The van der Waals surface area contributed by atoms with Gasteiger partial charge in [0.25, 0.3) is 0 Å². The Morgan fingerprint density at radius 2 is 1.06 bits per heavy atom. The maximum Gasteiger partial charge on any atom is 0.310 e. The second kappa shape index (κ2) is 9.30. The molecule has 1 N–H and O–H groups in total. The molecule has 5 aromatic rings. The number of rotatable bonds is 7. The van der Waals surface area contributed by atoms with Gasteiger partial charge in [-0.1, -0.05) is 115 Å². The average Bonchev–Trinajstić information content (AvgIpc) is 2.87. The highest BCUT2D eigenvalue weighted by Gasteiger charge is 2.25. The van der Waals surface area contributed by atoms with E-state index in [9.17, 15) is 9.90 Å². The van der Waals surface area contributed by atoms with Crippen LogP contribution in [-0.2, 0) is 4.79 Å². The normalized spacial score (nSPS) is 12.3. The molecule has 0 aliphatic carbocycles. The summed E-state index contributed by atoms with van der Waals surface area (Å²) in [5.74, 6) is -1.21. The third kappa shape index (κ3) is 4.25. The summed E-state index contributed by atoms with van der Waals surface area (Å²) in [5, 5.41) is 14.9. The lowest BCUT2D eigenvalue weighted by Gasteiger charge is -2.23. The van der Waals surface area contributed by atoms with Gasteiger partial charge in [0.15, 0.2) is 0 Å². The molecular formula is C31H26O2. The first kappa shape index (κ1) is 21.0. The topological polar surface area (TPSA) is 37.3 Å². The fraction of sp³-hybridized carbons (Fsp3) is 0.129. The number of carboxylic acids is 1. The molecule has 0 saturated heterocycles. The van der Waals surface area contributed by atoms with Crippen molar-refractivity contribution >= 4 is 27.5 Å². The first-order valence-corrected chi connectivity index (χ1v) is 11.5. The van der Waals surface area contributed by atoms with E-state index in [2.05, 4.69) is 84.9 Å². The van der Waals surface area contributed by atoms with Crippen LogP contribution in [0.4, 0.5) is 0 Å². The predicted octanol–water partition coefficient (Wildman–Crippen LogP) is 7.77. The average molecular weight is 431 g/mol. The number of aliphatic carboxylic acids is 1. The molecule has 0 bridgehead atoms. The molecule has 2 heteroatoms. The van der Waals surface area contributed by atoms with Crippen LogP contribution in [-0.4, -0.2) is 11.1 Å². The fourth-order valence-electron chi connectivity index (χ4n) is 5.04. The lowest BCUT2D eigenvalue weighted by atomic mass is 9.80. The Balaban J connectivity index is 1.62. The Morgan fingerprint density at radius 3 is 1.61 bits per heavy atom. The zero-order valence-corrected chi connectivity index (χ0v) is 18.4. The minimum atomic E-state index is -0.768. The van der Waals surface area contributed by atoms with E-state index >= 15 is 0 Å². The van der Waals surface area contributed by atoms with E-state index in [1.54, 1.807) is 0 Å². The highest BCUT2D eigenvalue weighted by atomic mass is 16.4. The van der Waals surface area contributed by atoms with Gasteiger partial charge in [0.1, 0.15) is 0 Å². The summed E-state index contributed by atoms with van der Waals surface area (Å²) in [6.07, 6.45) is 1.31. The molecule has 33 heavy (non-hydrogen) atoms. The highest BCUT2D eigenvalue weighted by molar-refractivity contribution is 5.90. The lowest BCUT2D eigenvalue weighted by molar-refractivity contribution is -0.139. The second-order valence-electron chi connectivity index (χ2n) is 8.57. The molecule has 5 aromatic carbocycles. The van der Waals surface area contributed by atoms with Crippen LogP contribution in [0.25, 0.3) is 21.5 Å². The van der Waals surface area contributed by atoms with Gasteiger partial charge in [-0.05, 0) is 51.1 Å². The van der Waals surface area contributed by atoms with E-state index in [1.165, 1.54) is 32.7 Å². The summed E-state index contributed by atoms with van der Waals surface area (Å²) in [7, 11) is 0. The Morgan fingerprint density at radius 1 is 0.576 bits per heavy atom. The predicted molar refractivity (Wildman–Crippen MR) is 136 cm³/mol. The smallest absolute Gasteiger partial charge is 0.310 e. The van der Waals surface area contributed by atoms with E-state index in [4.69, 9.17) is 0 Å². The minimum Gasteiger partial charge on any atom is -0.481 e. The summed E-state index contributed by atoms with van der Waals surface area (Å²) in [5.41, 5.74) is 3.36. The van der Waals surface area contributed by atoms with Crippen LogP contribution >= 0.6 is 0 Å². The van der Waals surface area contributed by atoms with Crippen molar-refractivity contribution in [2.75, 3.05) is 0 Å². The summed E-state index contributed by atoms with van der Waals surface area (Å²) in [4.78, 5) is 12.2. The lowest BCUT2D eigenvalue weighted by Crippen LogP contribution is -2.14. The summed E-state index contributed by atoms with van der Waals surface area (Å²) >= 11 is 0. The number of benzene rings is 5. The third-order valence-electron chi connectivity index (χ3n) is 6.64. The van der Waals surface area contributed by atoms with Crippen molar-refractivity contribution in [3.63, 3.8) is 0 Å². The molecule has 0 amide bonds. The van der Waals surface area contributed by atoms with Crippen molar-refractivity contribution in [2.45, 2.75) is 24.7 Å². The number of carbonyl (C=O) groups is 1. The molecule has 1 atom stereocenters. The monoisotopic (exact) mass is 430 g/mol. The summed E-state index contributed by atoms with van der Waals surface area (Å²) in [6, 6.07) is 39.4. The number of carboxylic acid groups (broad SMARTS) is 1. The molecule has 1 unspecified atom stereocenters. The highest BCUT2D eigenvalue weighted by Crippen LogP contribution is 2.39. The Labute approximate surface area is 194 Å². The van der Waals surface area contributed by atoms with E-state index in [0.717, 1.165) is 12.0 Å². The fourth-order valence-corrected chi connectivity index (χ4v) is 5.04. The van der Waals surface area contributed by atoms with E-state index < -0.39 is 11.9 Å². The molecule has 2 nitrogen and oxygen atoms in total. The second-order valence-corrected chi connectivity index (χ2v) is 8.57. The van der Waals surface area contributed by atoms with Crippen molar-refractivity contribution in [2.24, 2.45) is 0 Å².